The Labute approximate surface area is 109 Å². The van der Waals surface area contributed by atoms with Gasteiger partial charge in [0.1, 0.15) is 12.4 Å². The van der Waals surface area contributed by atoms with E-state index in [0.29, 0.717) is 19.3 Å². The smallest absolute Gasteiger partial charge is 0.119 e. The van der Waals surface area contributed by atoms with E-state index in [4.69, 9.17) is 15.2 Å². The molecule has 0 aromatic heterocycles. The molecular formula is C14H22N2O2. The Hall–Kier alpha value is -1.10. The van der Waals surface area contributed by atoms with E-state index in [1.54, 1.807) is 7.11 Å². The number of rotatable bonds is 6. The molecule has 0 unspecified atom stereocenters. The molecule has 0 amide bonds. The number of nitrogens with zero attached hydrogens (tertiary/aromatic N) is 1. The minimum Gasteiger partial charge on any atom is -0.491 e. The molecule has 2 N–H and O–H groups in total. The molecule has 1 aromatic rings. The maximum absolute atomic E-state index is 5.90. The average molecular weight is 250 g/mol. The first-order valence-corrected chi connectivity index (χ1v) is 6.46. The summed E-state index contributed by atoms with van der Waals surface area (Å²) in [5.74, 6) is 0.897. The van der Waals surface area contributed by atoms with E-state index in [9.17, 15) is 0 Å². The predicted octanol–water partition coefficient (Wildman–Crippen LogP) is 1.24. The summed E-state index contributed by atoms with van der Waals surface area (Å²) in [5, 5.41) is 0. The predicted molar refractivity (Wildman–Crippen MR) is 71.7 cm³/mol. The minimum atomic E-state index is 0.349. The van der Waals surface area contributed by atoms with Crippen molar-refractivity contribution in [1.82, 2.24) is 4.90 Å². The van der Waals surface area contributed by atoms with Gasteiger partial charge in [-0.3, -0.25) is 4.90 Å². The quantitative estimate of drug-likeness (QED) is 0.772. The first-order chi connectivity index (χ1) is 8.78. The molecule has 1 heterocycles. The lowest BCUT2D eigenvalue weighted by atomic mass is 10.2. The second-order valence-electron chi connectivity index (χ2n) is 4.77. The number of methoxy groups -OCH3 is 1. The Morgan fingerprint density at radius 1 is 1.28 bits per heavy atom. The number of hydrogen-bond acceptors (Lipinski definition) is 4. The zero-order valence-corrected chi connectivity index (χ0v) is 11.0. The van der Waals surface area contributed by atoms with Gasteiger partial charge in [0.15, 0.2) is 0 Å². The lowest BCUT2D eigenvalue weighted by Gasteiger charge is -2.15. The molecule has 1 fully saturated rings. The van der Waals surface area contributed by atoms with E-state index in [1.807, 2.05) is 12.1 Å². The van der Waals surface area contributed by atoms with Gasteiger partial charge in [0.05, 0.1) is 6.61 Å². The summed E-state index contributed by atoms with van der Waals surface area (Å²) in [4.78, 5) is 2.39. The lowest BCUT2D eigenvalue weighted by Crippen LogP contribution is -2.26. The van der Waals surface area contributed by atoms with Crippen LogP contribution in [0, 0.1) is 0 Å². The topological polar surface area (TPSA) is 47.7 Å². The van der Waals surface area contributed by atoms with E-state index in [-0.39, 0.29) is 0 Å². The van der Waals surface area contributed by atoms with E-state index in [1.165, 1.54) is 5.56 Å². The van der Waals surface area contributed by atoms with Crippen LogP contribution in [0.5, 0.6) is 5.75 Å². The van der Waals surface area contributed by atoms with Gasteiger partial charge in [0.25, 0.3) is 0 Å². The Bertz CT molecular complexity index is 353. The van der Waals surface area contributed by atoms with Gasteiger partial charge in [0, 0.05) is 32.8 Å². The molecule has 0 saturated carbocycles. The van der Waals surface area contributed by atoms with Crippen LogP contribution >= 0.6 is 0 Å². The largest absolute Gasteiger partial charge is 0.491 e. The second kappa shape index (κ2) is 6.73. The van der Waals surface area contributed by atoms with Crippen LogP contribution in [0.1, 0.15) is 12.0 Å². The van der Waals surface area contributed by atoms with Crippen LogP contribution in [-0.2, 0) is 11.3 Å². The first-order valence-electron chi connectivity index (χ1n) is 6.46. The first kappa shape index (κ1) is 13.3. The number of nitrogens with two attached hydrogens (primary N) is 1. The molecule has 1 atom stereocenters. The van der Waals surface area contributed by atoms with Gasteiger partial charge in [-0.15, -0.1) is 0 Å². The SMILES string of the molecule is COCCOc1ccc(CN2CC[C@@H](N)C2)cc1. The molecule has 0 aliphatic carbocycles. The van der Waals surface area contributed by atoms with Crippen molar-refractivity contribution in [1.29, 1.82) is 0 Å². The molecule has 1 aromatic carbocycles. The molecule has 100 valence electrons. The van der Waals surface area contributed by atoms with Crippen molar-refractivity contribution in [3.05, 3.63) is 29.8 Å². The molecule has 4 heteroatoms. The van der Waals surface area contributed by atoms with Gasteiger partial charge < -0.3 is 15.2 Å². The third-order valence-electron chi connectivity index (χ3n) is 3.19. The third-order valence-corrected chi connectivity index (χ3v) is 3.19. The summed E-state index contributed by atoms with van der Waals surface area (Å²) in [5.41, 5.74) is 7.21. The maximum atomic E-state index is 5.90. The average Bonchev–Trinajstić information content (AvgIpc) is 2.77. The van der Waals surface area contributed by atoms with E-state index >= 15 is 0 Å². The highest BCUT2D eigenvalue weighted by molar-refractivity contribution is 5.27. The van der Waals surface area contributed by atoms with Gasteiger partial charge in [-0.05, 0) is 24.1 Å². The van der Waals surface area contributed by atoms with Crippen molar-refractivity contribution in [2.45, 2.75) is 19.0 Å². The van der Waals surface area contributed by atoms with E-state index in [2.05, 4.69) is 17.0 Å². The Morgan fingerprint density at radius 2 is 2.06 bits per heavy atom. The summed E-state index contributed by atoms with van der Waals surface area (Å²) >= 11 is 0. The van der Waals surface area contributed by atoms with Crippen LogP contribution in [0.4, 0.5) is 0 Å². The van der Waals surface area contributed by atoms with Crippen LogP contribution in [0.25, 0.3) is 0 Å². The highest BCUT2D eigenvalue weighted by Crippen LogP contribution is 2.16. The van der Waals surface area contributed by atoms with Gasteiger partial charge >= 0.3 is 0 Å². The fourth-order valence-electron chi connectivity index (χ4n) is 2.20. The molecule has 1 aliphatic rings. The maximum Gasteiger partial charge on any atom is 0.119 e. The van der Waals surface area contributed by atoms with E-state index < -0.39 is 0 Å². The molecule has 4 nitrogen and oxygen atoms in total. The van der Waals surface area contributed by atoms with Crippen molar-refractivity contribution in [2.24, 2.45) is 5.73 Å². The number of benzene rings is 1. The van der Waals surface area contributed by atoms with Crippen LogP contribution in [0.2, 0.25) is 0 Å². The Balaban J connectivity index is 1.80. The highest BCUT2D eigenvalue weighted by Gasteiger charge is 2.18. The summed E-state index contributed by atoms with van der Waals surface area (Å²) < 4.78 is 10.5. The lowest BCUT2D eigenvalue weighted by molar-refractivity contribution is 0.146. The Kier molecular flexibility index (Phi) is 4.99. The van der Waals surface area contributed by atoms with Gasteiger partial charge in [0.2, 0.25) is 0 Å². The van der Waals surface area contributed by atoms with Gasteiger partial charge in [-0.1, -0.05) is 12.1 Å². The van der Waals surface area contributed by atoms with Gasteiger partial charge in [-0.2, -0.15) is 0 Å². The zero-order chi connectivity index (χ0) is 12.8. The molecule has 0 bridgehead atoms. The van der Waals surface area contributed by atoms with Crippen molar-refractivity contribution in [3.8, 4) is 5.75 Å². The third kappa shape index (κ3) is 3.98. The minimum absolute atomic E-state index is 0.349. The van der Waals surface area contributed by atoms with Crippen LogP contribution < -0.4 is 10.5 Å². The molecule has 0 radical (unpaired) electrons. The summed E-state index contributed by atoms with van der Waals surface area (Å²) in [7, 11) is 1.67. The van der Waals surface area contributed by atoms with Crippen molar-refractivity contribution in [2.75, 3.05) is 33.4 Å². The standard InChI is InChI=1S/C14H22N2O2/c1-17-8-9-18-14-4-2-12(3-5-14)10-16-7-6-13(15)11-16/h2-5,13H,6-11,15H2,1H3/t13-/m1/s1. The monoisotopic (exact) mass is 250 g/mol. The van der Waals surface area contributed by atoms with E-state index in [0.717, 1.165) is 31.8 Å². The Morgan fingerprint density at radius 3 is 2.67 bits per heavy atom. The van der Waals surface area contributed by atoms with Crippen molar-refractivity contribution >= 4 is 0 Å². The number of hydrogen-bond donors (Lipinski definition) is 1. The zero-order valence-electron chi connectivity index (χ0n) is 11.0. The summed E-state index contributed by atoms with van der Waals surface area (Å²) in [6.45, 7) is 4.30. The van der Waals surface area contributed by atoms with Crippen molar-refractivity contribution in [3.63, 3.8) is 0 Å². The number of ether oxygens (including phenoxy) is 2. The summed E-state index contributed by atoms with van der Waals surface area (Å²) in [6.07, 6.45) is 1.11. The fraction of sp³-hybridized carbons (Fsp3) is 0.571. The van der Waals surface area contributed by atoms with Gasteiger partial charge in [-0.25, -0.2) is 0 Å². The second-order valence-corrected chi connectivity index (χ2v) is 4.77. The number of likely N-dealkylation sites (tertiary alicyclic amines) is 1. The highest BCUT2D eigenvalue weighted by atomic mass is 16.5. The molecule has 1 aliphatic heterocycles. The normalized spacial score (nSPS) is 20.2. The molecule has 0 spiro atoms. The summed E-state index contributed by atoms with van der Waals surface area (Å²) in [6, 6.07) is 8.61. The molecular weight excluding hydrogens is 228 g/mol. The molecule has 1 saturated heterocycles. The fourth-order valence-corrected chi connectivity index (χ4v) is 2.20. The molecule has 2 rings (SSSR count). The van der Waals surface area contributed by atoms with Crippen LogP contribution in [0.3, 0.4) is 0 Å². The van der Waals surface area contributed by atoms with Crippen LogP contribution in [-0.4, -0.2) is 44.4 Å². The van der Waals surface area contributed by atoms with Crippen molar-refractivity contribution < 1.29 is 9.47 Å². The van der Waals surface area contributed by atoms with Crippen LogP contribution in [0.15, 0.2) is 24.3 Å². The molecule has 18 heavy (non-hydrogen) atoms.